The van der Waals surface area contributed by atoms with E-state index in [0.29, 0.717) is 0 Å². The van der Waals surface area contributed by atoms with E-state index in [4.69, 9.17) is 0 Å². The summed E-state index contributed by atoms with van der Waals surface area (Å²) in [6, 6.07) is 4.77. The molecule has 2 N–H and O–H groups in total. The number of rotatable bonds is 6. The quantitative estimate of drug-likeness (QED) is 0.798. The average molecular weight is 278 g/mol. The van der Waals surface area contributed by atoms with Crippen LogP contribution in [0.25, 0.3) is 0 Å². The van der Waals surface area contributed by atoms with Crippen LogP contribution in [0.4, 0.5) is 0 Å². The van der Waals surface area contributed by atoms with Crippen LogP contribution in [0, 0.1) is 5.92 Å². The molecule has 0 aliphatic heterocycles. The number of aryl methyl sites for hydroxylation is 1. The smallest absolute Gasteiger partial charge is 0.329 e. The maximum atomic E-state index is 11.9. The van der Waals surface area contributed by atoms with Crippen molar-refractivity contribution < 1.29 is 14.7 Å². The molecular formula is C14H18N2O4. The molecule has 6 nitrogen and oxygen atoms in total. The van der Waals surface area contributed by atoms with Crippen molar-refractivity contribution >= 4 is 11.9 Å². The van der Waals surface area contributed by atoms with Gasteiger partial charge in [0.2, 0.25) is 5.91 Å². The van der Waals surface area contributed by atoms with E-state index < -0.39 is 11.5 Å². The van der Waals surface area contributed by atoms with Crippen LogP contribution in [-0.4, -0.2) is 27.1 Å². The van der Waals surface area contributed by atoms with Crippen molar-refractivity contribution in [2.75, 3.05) is 0 Å². The van der Waals surface area contributed by atoms with Crippen LogP contribution in [0.1, 0.15) is 26.2 Å². The molecule has 0 aromatic carbocycles. The van der Waals surface area contributed by atoms with Crippen LogP contribution in [0.15, 0.2) is 29.2 Å². The minimum atomic E-state index is -1.20. The summed E-state index contributed by atoms with van der Waals surface area (Å²) < 4.78 is 1.43. The molecule has 1 saturated carbocycles. The number of hydrogen-bond donors (Lipinski definition) is 2. The summed E-state index contributed by atoms with van der Waals surface area (Å²) in [6.07, 6.45) is 3.33. The van der Waals surface area contributed by atoms with Crippen LogP contribution in [0.3, 0.4) is 0 Å². The largest absolute Gasteiger partial charge is 0.480 e. The zero-order valence-electron chi connectivity index (χ0n) is 11.3. The molecule has 20 heavy (non-hydrogen) atoms. The van der Waals surface area contributed by atoms with E-state index in [2.05, 4.69) is 5.32 Å². The minimum Gasteiger partial charge on any atom is -0.480 e. The van der Waals surface area contributed by atoms with Gasteiger partial charge in [-0.2, -0.15) is 0 Å². The van der Waals surface area contributed by atoms with E-state index >= 15 is 0 Å². The Morgan fingerprint density at radius 3 is 2.70 bits per heavy atom. The second kappa shape index (κ2) is 5.48. The molecule has 0 radical (unpaired) electrons. The van der Waals surface area contributed by atoms with Crippen molar-refractivity contribution in [3.63, 3.8) is 0 Å². The summed E-state index contributed by atoms with van der Waals surface area (Å²) in [4.78, 5) is 34.7. The van der Waals surface area contributed by atoms with Gasteiger partial charge in [0.05, 0.1) is 0 Å². The van der Waals surface area contributed by atoms with Gasteiger partial charge in [0.25, 0.3) is 5.56 Å². The predicted octanol–water partition coefficient (Wildman–Crippen LogP) is 0.608. The van der Waals surface area contributed by atoms with Gasteiger partial charge in [-0.05, 0) is 31.7 Å². The molecule has 0 spiro atoms. The first-order valence-electron chi connectivity index (χ1n) is 6.63. The molecule has 2 rings (SSSR count). The number of carbonyl (C=O) groups excluding carboxylic acids is 1. The Balaban J connectivity index is 1.94. The fourth-order valence-corrected chi connectivity index (χ4v) is 2.21. The average Bonchev–Trinajstić information content (AvgIpc) is 3.22. The molecule has 0 saturated heterocycles. The van der Waals surface area contributed by atoms with Gasteiger partial charge in [0.15, 0.2) is 0 Å². The second-order valence-electron chi connectivity index (χ2n) is 5.31. The van der Waals surface area contributed by atoms with Crippen LogP contribution < -0.4 is 10.9 Å². The summed E-state index contributed by atoms with van der Waals surface area (Å²) in [7, 11) is 0. The minimum absolute atomic E-state index is 0.00315. The highest BCUT2D eigenvalue weighted by molar-refractivity contribution is 5.87. The SMILES string of the molecule is CC(NC(=O)CCn1ccccc1=O)(C(=O)O)C1CC1. The van der Waals surface area contributed by atoms with Gasteiger partial charge >= 0.3 is 5.97 Å². The van der Waals surface area contributed by atoms with E-state index in [-0.39, 0.29) is 30.3 Å². The first-order valence-corrected chi connectivity index (χ1v) is 6.63. The standard InChI is InChI=1S/C14H18N2O4/c1-14(13(19)20,10-5-6-10)15-11(17)7-9-16-8-3-2-4-12(16)18/h2-4,8,10H,5-7,9H2,1H3,(H,15,17)(H,19,20). The third kappa shape index (κ3) is 3.07. The molecule has 1 heterocycles. The van der Waals surface area contributed by atoms with Crippen molar-refractivity contribution in [1.29, 1.82) is 0 Å². The molecule has 6 heteroatoms. The number of carboxylic acid groups (broad SMARTS) is 1. The summed E-state index contributed by atoms with van der Waals surface area (Å²) in [5, 5.41) is 11.8. The zero-order chi connectivity index (χ0) is 14.8. The van der Waals surface area contributed by atoms with Gasteiger partial charge in [-0.3, -0.25) is 9.59 Å². The summed E-state index contributed by atoms with van der Waals surface area (Å²) in [5.74, 6) is -1.36. The zero-order valence-corrected chi connectivity index (χ0v) is 11.3. The lowest BCUT2D eigenvalue weighted by molar-refractivity contribution is -0.148. The lowest BCUT2D eigenvalue weighted by Crippen LogP contribution is -2.54. The Hall–Kier alpha value is -2.11. The molecule has 1 unspecified atom stereocenters. The lowest BCUT2D eigenvalue weighted by atomic mass is 9.96. The summed E-state index contributed by atoms with van der Waals surface area (Å²) in [5.41, 5.74) is -1.37. The van der Waals surface area contributed by atoms with E-state index in [9.17, 15) is 19.5 Å². The first-order chi connectivity index (χ1) is 9.43. The Bertz CT molecular complexity index is 577. The normalized spacial score (nSPS) is 17.2. The first kappa shape index (κ1) is 14.3. The van der Waals surface area contributed by atoms with Gasteiger partial charge in [0.1, 0.15) is 5.54 Å². The van der Waals surface area contributed by atoms with Crippen LogP contribution in [-0.2, 0) is 16.1 Å². The fourth-order valence-electron chi connectivity index (χ4n) is 2.21. The number of carbonyl (C=O) groups is 2. The van der Waals surface area contributed by atoms with Crippen molar-refractivity contribution in [3.05, 3.63) is 34.7 Å². The molecule has 1 atom stereocenters. The third-order valence-electron chi connectivity index (χ3n) is 3.72. The number of hydrogen-bond acceptors (Lipinski definition) is 3. The monoisotopic (exact) mass is 278 g/mol. The Kier molecular flexibility index (Phi) is 3.92. The molecule has 1 fully saturated rings. The van der Waals surface area contributed by atoms with Crippen LogP contribution in [0.2, 0.25) is 0 Å². The fraction of sp³-hybridized carbons (Fsp3) is 0.500. The van der Waals surface area contributed by atoms with Gasteiger partial charge < -0.3 is 15.0 Å². The molecular weight excluding hydrogens is 260 g/mol. The maximum Gasteiger partial charge on any atom is 0.329 e. The summed E-state index contributed by atoms with van der Waals surface area (Å²) in [6.45, 7) is 1.78. The van der Waals surface area contributed by atoms with Crippen molar-refractivity contribution in [2.45, 2.75) is 38.3 Å². The number of nitrogens with zero attached hydrogens (tertiary/aromatic N) is 1. The van der Waals surface area contributed by atoms with Gasteiger partial charge in [-0.1, -0.05) is 6.07 Å². The number of nitrogens with one attached hydrogen (secondary N) is 1. The van der Waals surface area contributed by atoms with Gasteiger partial charge in [-0.25, -0.2) is 4.79 Å². The molecule has 108 valence electrons. The molecule has 1 aromatic heterocycles. The number of amides is 1. The molecule has 1 aromatic rings. The molecule has 1 aliphatic rings. The number of pyridine rings is 1. The Labute approximate surface area is 116 Å². The predicted molar refractivity (Wildman–Crippen MR) is 72.2 cm³/mol. The van der Waals surface area contributed by atoms with Crippen molar-refractivity contribution in [2.24, 2.45) is 5.92 Å². The maximum absolute atomic E-state index is 11.9. The van der Waals surface area contributed by atoms with Gasteiger partial charge in [0, 0.05) is 25.2 Å². The van der Waals surface area contributed by atoms with E-state index in [1.165, 1.54) is 10.6 Å². The van der Waals surface area contributed by atoms with E-state index in [1.54, 1.807) is 25.3 Å². The Morgan fingerprint density at radius 1 is 1.45 bits per heavy atom. The second-order valence-corrected chi connectivity index (χ2v) is 5.31. The van der Waals surface area contributed by atoms with Gasteiger partial charge in [-0.15, -0.1) is 0 Å². The molecule has 1 amide bonds. The van der Waals surface area contributed by atoms with Crippen LogP contribution in [0.5, 0.6) is 0 Å². The highest BCUT2D eigenvalue weighted by Gasteiger charge is 2.48. The van der Waals surface area contributed by atoms with Crippen molar-refractivity contribution in [1.82, 2.24) is 9.88 Å². The number of aromatic nitrogens is 1. The molecule has 1 aliphatic carbocycles. The number of aliphatic carboxylic acids is 1. The topological polar surface area (TPSA) is 88.4 Å². The third-order valence-corrected chi connectivity index (χ3v) is 3.72. The lowest BCUT2D eigenvalue weighted by Gasteiger charge is -2.26. The Morgan fingerprint density at radius 2 is 2.15 bits per heavy atom. The van der Waals surface area contributed by atoms with E-state index in [0.717, 1.165) is 12.8 Å². The summed E-state index contributed by atoms with van der Waals surface area (Å²) >= 11 is 0. The molecule has 0 bridgehead atoms. The highest BCUT2D eigenvalue weighted by atomic mass is 16.4. The van der Waals surface area contributed by atoms with E-state index in [1.807, 2.05) is 0 Å². The number of carboxylic acids is 1. The van der Waals surface area contributed by atoms with Crippen molar-refractivity contribution in [3.8, 4) is 0 Å². The van der Waals surface area contributed by atoms with Crippen LogP contribution >= 0.6 is 0 Å². The highest BCUT2D eigenvalue weighted by Crippen LogP contribution is 2.39.